The van der Waals surface area contributed by atoms with Gasteiger partial charge in [-0.3, -0.25) is 4.98 Å². The predicted octanol–water partition coefficient (Wildman–Crippen LogP) is 3.80. The zero-order valence-electron chi connectivity index (χ0n) is 13.7. The summed E-state index contributed by atoms with van der Waals surface area (Å²) in [5.41, 5.74) is 1.08. The Balaban J connectivity index is 1.50. The molecule has 5 rings (SSSR count). The molecule has 0 atom stereocenters. The van der Waals surface area contributed by atoms with Crippen LogP contribution in [0.4, 0.5) is 0 Å². The van der Waals surface area contributed by atoms with Crippen molar-refractivity contribution in [1.82, 2.24) is 24.7 Å². The lowest BCUT2D eigenvalue weighted by atomic mass is 9.85. The minimum Gasteiger partial charge on any atom is -0.339 e. The number of benzene rings is 1. The van der Waals surface area contributed by atoms with E-state index in [9.17, 15) is 0 Å². The predicted molar refractivity (Wildman–Crippen MR) is 93.0 cm³/mol. The quantitative estimate of drug-likeness (QED) is 0.569. The van der Waals surface area contributed by atoms with E-state index in [1.54, 1.807) is 0 Å². The fourth-order valence-electron chi connectivity index (χ4n) is 3.30. The van der Waals surface area contributed by atoms with Crippen LogP contribution in [-0.4, -0.2) is 24.7 Å². The topological polar surface area (TPSA) is 69.6 Å². The second kappa shape index (κ2) is 5.81. The van der Waals surface area contributed by atoms with Crippen molar-refractivity contribution in [3.05, 3.63) is 60.8 Å². The number of imidazole rings is 1. The van der Waals surface area contributed by atoms with Crippen molar-refractivity contribution >= 4 is 10.8 Å². The summed E-state index contributed by atoms with van der Waals surface area (Å²) in [4.78, 5) is 13.3. The summed E-state index contributed by atoms with van der Waals surface area (Å²) in [6.07, 6.45) is 11.0. The molecule has 1 aliphatic rings. The summed E-state index contributed by atoms with van der Waals surface area (Å²) in [5, 5.41) is 6.38. The van der Waals surface area contributed by atoms with Crippen LogP contribution >= 0.6 is 0 Å². The Morgan fingerprint density at radius 1 is 1.16 bits per heavy atom. The number of rotatable bonds is 4. The zero-order valence-corrected chi connectivity index (χ0v) is 13.7. The van der Waals surface area contributed by atoms with Crippen molar-refractivity contribution in [3.8, 4) is 11.4 Å². The molecular formula is C19H17N5O. The van der Waals surface area contributed by atoms with Crippen molar-refractivity contribution in [2.75, 3.05) is 0 Å². The van der Waals surface area contributed by atoms with Crippen molar-refractivity contribution < 1.29 is 4.52 Å². The van der Waals surface area contributed by atoms with E-state index in [-0.39, 0.29) is 0 Å². The Hall–Kier alpha value is -3.02. The third kappa shape index (κ3) is 2.50. The van der Waals surface area contributed by atoms with Crippen LogP contribution in [0.25, 0.3) is 22.2 Å². The molecule has 0 radical (unpaired) electrons. The van der Waals surface area contributed by atoms with Crippen LogP contribution in [0.15, 0.2) is 53.6 Å². The SMILES string of the molecule is c1cc(-c2nccn2Cc2noc(C3CCC3)n2)c2ccncc2c1. The number of pyridine rings is 1. The highest BCUT2D eigenvalue weighted by Gasteiger charge is 2.25. The fraction of sp³-hybridized carbons (Fsp3) is 0.263. The van der Waals surface area contributed by atoms with Gasteiger partial charge >= 0.3 is 0 Å². The second-order valence-electron chi connectivity index (χ2n) is 6.46. The number of hydrogen-bond donors (Lipinski definition) is 0. The molecule has 0 N–H and O–H groups in total. The van der Waals surface area contributed by atoms with Gasteiger partial charge in [-0.2, -0.15) is 4.98 Å². The maximum absolute atomic E-state index is 5.43. The average Bonchev–Trinajstić information content (AvgIpc) is 3.23. The third-order valence-electron chi connectivity index (χ3n) is 4.89. The molecule has 0 bridgehead atoms. The highest BCUT2D eigenvalue weighted by molar-refractivity contribution is 5.94. The number of aromatic nitrogens is 5. The van der Waals surface area contributed by atoms with Crippen LogP contribution in [0.3, 0.4) is 0 Å². The summed E-state index contributed by atoms with van der Waals surface area (Å²) < 4.78 is 7.49. The highest BCUT2D eigenvalue weighted by Crippen LogP contribution is 2.35. The minimum atomic E-state index is 0.453. The first-order chi connectivity index (χ1) is 12.4. The summed E-state index contributed by atoms with van der Waals surface area (Å²) in [5.74, 6) is 2.82. The first-order valence-corrected chi connectivity index (χ1v) is 8.55. The van der Waals surface area contributed by atoms with Gasteiger partial charge in [-0.05, 0) is 24.3 Å². The second-order valence-corrected chi connectivity index (χ2v) is 6.46. The third-order valence-corrected chi connectivity index (χ3v) is 4.89. The van der Waals surface area contributed by atoms with Crippen molar-refractivity contribution in [3.63, 3.8) is 0 Å². The first kappa shape index (κ1) is 14.3. The maximum Gasteiger partial charge on any atom is 0.229 e. The van der Waals surface area contributed by atoms with E-state index in [1.165, 1.54) is 6.42 Å². The maximum atomic E-state index is 5.43. The molecule has 0 spiro atoms. The van der Waals surface area contributed by atoms with Crippen LogP contribution in [0.2, 0.25) is 0 Å². The molecule has 6 heteroatoms. The molecule has 0 aliphatic heterocycles. The van der Waals surface area contributed by atoms with Crippen molar-refractivity contribution in [2.45, 2.75) is 31.7 Å². The standard InChI is InChI=1S/C19H17N5O/c1-3-13(4-1)19-22-17(23-25-19)12-24-10-9-21-18(24)16-6-2-5-14-11-20-8-7-15(14)16/h2,5-11,13H,1,3-4,12H2. The van der Waals surface area contributed by atoms with Crippen LogP contribution in [-0.2, 0) is 6.54 Å². The van der Waals surface area contributed by atoms with Crippen LogP contribution in [0.5, 0.6) is 0 Å². The fourth-order valence-corrected chi connectivity index (χ4v) is 3.30. The van der Waals surface area contributed by atoms with Crippen LogP contribution in [0, 0.1) is 0 Å². The molecule has 1 fully saturated rings. The molecule has 3 heterocycles. The largest absolute Gasteiger partial charge is 0.339 e. The van der Waals surface area contributed by atoms with Crippen molar-refractivity contribution in [2.24, 2.45) is 0 Å². The van der Waals surface area contributed by atoms with E-state index in [0.717, 1.165) is 40.9 Å². The molecule has 25 heavy (non-hydrogen) atoms. The number of nitrogens with zero attached hydrogens (tertiary/aromatic N) is 5. The zero-order chi connectivity index (χ0) is 16.6. The van der Waals surface area contributed by atoms with Gasteiger partial charge in [0, 0.05) is 41.7 Å². The monoisotopic (exact) mass is 331 g/mol. The van der Waals surface area contributed by atoms with Gasteiger partial charge in [0.25, 0.3) is 0 Å². The molecule has 0 amide bonds. The Morgan fingerprint density at radius 2 is 2.12 bits per heavy atom. The Morgan fingerprint density at radius 3 is 3.00 bits per heavy atom. The van der Waals surface area contributed by atoms with E-state index < -0.39 is 0 Å². The first-order valence-electron chi connectivity index (χ1n) is 8.55. The Bertz CT molecular complexity index is 1030. The van der Waals surface area contributed by atoms with Gasteiger partial charge < -0.3 is 9.09 Å². The summed E-state index contributed by atoms with van der Waals surface area (Å²) >= 11 is 0. The van der Waals surface area contributed by atoms with E-state index in [4.69, 9.17) is 4.52 Å². The molecule has 0 unspecified atom stereocenters. The van der Waals surface area contributed by atoms with Gasteiger partial charge in [-0.25, -0.2) is 4.98 Å². The normalized spacial score (nSPS) is 14.7. The lowest BCUT2D eigenvalue weighted by molar-refractivity contribution is 0.291. The molecule has 0 saturated heterocycles. The van der Waals surface area contributed by atoms with E-state index in [2.05, 4.69) is 36.8 Å². The van der Waals surface area contributed by atoms with Gasteiger partial charge in [-0.15, -0.1) is 0 Å². The minimum absolute atomic E-state index is 0.453. The lowest BCUT2D eigenvalue weighted by Crippen LogP contribution is -2.09. The molecular weight excluding hydrogens is 314 g/mol. The van der Waals surface area contributed by atoms with Crippen LogP contribution < -0.4 is 0 Å². The molecule has 1 aliphatic carbocycles. The van der Waals surface area contributed by atoms with Crippen LogP contribution in [0.1, 0.15) is 36.9 Å². The molecule has 1 saturated carbocycles. The Kier molecular flexibility index (Phi) is 3.33. The summed E-state index contributed by atoms with van der Waals surface area (Å²) in [7, 11) is 0. The van der Waals surface area contributed by atoms with Gasteiger partial charge in [0.15, 0.2) is 5.82 Å². The average molecular weight is 331 g/mol. The smallest absolute Gasteiger partial charge is 0.229 e. The van der Waals surface area contributed by atoms with E-state index in [1.807, 2.05) is 36.9 Å². The van der Waals surface area contributed by atoms with E-state index in [0.29, 0.717) is 18.3 Å². The molecule has 1 aromatic carbocycles. The summed E-state index contributed by atoms with van der Waals surface area (Å²) in [6, 6.07) is 8.19. The van der Waals surface area contributed by atoms with E-state index >= 15 is 0 Å². The molecule has 6 nitrogen and oxygen atoms in total. The number of hydrogen-bond acceptors (Lipinski definition) is 5. The van der Waals surface area contributed by atoms with Gasteiger partial charge in [-0.1, -0.05) is 29.8 Å². The highest BCUT2D eigenvalue weighted by atomic mass is 16.5. The van der Waals surface area contributed by atoms with Gasteiger partial charge in [0.05, 0.1) is 6.54 Å². The number of fused-ring (bicyclic) bond motifs is 1. The molecule has 124 valence electrons. The van der Waals surface area contributed by atoms with Gasteiger partial charge in [0.2, 0.25) is 5.89 Å². The van der Waals surface area contributed by atoms with Gasteiger partial charge in [0.1, 0.15) is 5.82 Å². The molecule has 4 aromatic rings. The van der Waals surface area contributed by atoms with Crippen molar-refractivity contribution in [1.29, 1.82) is 0 Å². The summed E-state index contributed by atoms with van der Waals surface area (Å²) in [6.45, 7) is 0.549. The Labute approximate surface area is 144 Å². The molecule has 3 aromatic heterocycles. The lowest BCUT2D eigenvalue weighted by Gasteiger charge is -2.20.